The molecule has 1 saturated heterocycles. The van der Waals surface area contributed by atoms with Crippen molar-refractivity contribution >= 4 is 41.7 Å². The van der Waals surface area contributed by atoms with Crippen molar-refractivity contribution in [3.63, 3.8) is 0 Å². The summed E-state index contributed by atoms with van der Waals surface area (Å²) in [4.78, 5) is 7.00. The Balaban J connectivity index is 0.00000300. The van der Waals surface area contributed by atoms with Crippen LogP contribution < -0.4 is 15.4 Å². The molecule has 1 aliphatic carbocycles. The van der Waals surface area contributed by atoms with Crippen molar-refractivity contribution in [2.45, 2.75) is 49.9 Å². The molecule has 5 nitrogen and oxygen atoms in total. The molecule has 2 aliphatic rings. The molecule has 29 heavy (non-hydrogen) atoms. The standard InChI is InChI=1S/C22H36N4OS.HI/c1-23-22(25-19-6-9-21(14-19)28-3)24-15-17-10-12-26(13-11-17)16-18-4-7-20(27-2)8-5-18;/h4-5,7-8,17,19,21H,6,9-16H2,1-3H3,(H2,23,24,25);1H. The van der Waals surface area contributed by atoms with Gasteiger partial charge in [-0.25, -0.2) is 0 Å². The number of piperidine rings is 1. The van der Waals surface area contributed by atoms with Gasteiger partial charge in [0.1, 0.15) is 5.75 Å². The van der Waals surface area contributed by atoms with Crippen LogP contribution in [0.25, 0.3) is 0 Å². The average Bonchev–Trinajstić information content (AvgIpc) is 3.20. The minimum Gasteiger partial charge on any atom is -0.497 e. The summed E-state index contributed by atoms with van der Waals surface area (Å²) in [6, 6.07) is 9.03. The molecule has 164 valence electrons. The first-order valence-electron chi connectivity index (χ1n) is 10.6. The number of ether oxygens (including phenoxy) is 1. The van der Waals surface area contributed by atoms with Crippen molar-refractivity contribution in [2.75, 3.05) is 40.0 Å². The summed E-state index contributed by atoms with van der Waals surface area (Å²) in [6.07, 6.45) is 8.56. The van der Waals surface area contributed by atoms with E-state index < -0.39 is 0 Å². The Morgan fingerprint density at radius 2 is 1.90 bits per heavy atom. The Hall–Kier alpha value is -0.670. The van der Waals surface area contributed by atoms with Crippen LogP contribution in [-0.2, 0) is 6.54 Å². The van der Waals surface area contributed by atoms with E-state index in [1.807, 2.05) is 18.8 Å². The minimum absolute atomic E-state index is 0. The lowest BCUT2D eigenvalue weighted by Crippen LogP contribution is -2.45. The zero-order chi connectivity index (χ0) is 19.8. The highest BCUT2D eigenvalue weighted by Crippen LogP contribution is 2.28. The summed E-state index contributed by atoms with van der Waals surface area (Å²) in [5.74, 6) is 2.64. The predicted octanol–water partition coefficient (Wildman–Crippen LogP) is 3.97. The van der Waals surface area contributed by atoms with Gasteiger partial charge in [-0.1, -0.05) is 12.1 Å². The number of rotatable bonds is 7. The number of guanidine groups is 1. The summed E-state index contributed by atoms with van der Waals surface area (Å²) in [5.41, 5.74) is 1.36. The first-order valence-corrected chi connectivity index (χ1v) is 11.8. The zero-order valence-electron chi connectivity index (χ0n) is 18.0. The van der Waals surface area contributed by atoms with Crippen molar-refractivity contribution in [2.24, 2.45) is 10.9 Å². The van der Waals surface area contributed by atoms with E-state index in [1.54, 1.807) is 7.11 Å². The van der Waals surface area contributed by atoms with E-state index >= 15 is 0 Å². The summed E-state index contributed by atoms with van der Waals surface area (Å²) >= 11 is 2.00. The Labute approximate surface area is 197 Å². The van der Waals surface area contributed by atoms with E-state index in [4.69, 9.17) is 4.74 Å². The predicted molar refractivity (Wildman–Crippen MR) is 136 cm³/mol. The van der Waals surface area contributed by atoms with Gasteiger partial charge in [0.15, 0.2) is 5.96 Å². The number of methoxy groups -OCH3 is 1. The molecule has 1 aromatic rings. The van der Waals surface area contributed by atoms with Gasteiger partial charge in [-0.15, -0.1) is 24.0 Å². The monoisotopic (exact) mass is 532 g/mol. The summed E-state index contributed by atoms with van der Waals surface area (Å²) in [7, 11) is 3.60. The number of aliphatic imine (C=N–C) groups is 1. The maximum Gasteiger partial charge on any atom is 0.191 e. The summed E-state index contributed by atoms with van der Waals surface area (Å²) in [5, 5.41) is 8.01. The van der Waals surface area contributed by atoms with Gasteiger partial charge in [0.05, 0.1) is 7.11 Å². The molecule has 0 amide bonds. The molecular formula is C22H37IN4OS. The fourth-order valence-corrected chi connectivity index (χ4v) is 5.05. The van der Waals surface area contributed by atoms with Crippen LogP contribution in [0.4, 0.5) is 0 Å². The smallest absolute Gasteiger partial charge is 0.191 e. The van der Waals surface area contributed by atoms with E-state index in [2.05, 4.69) is 51.0 Å². The van der Waals surface area contributed by atoms with Gasteiger partial charge < -0.3 is 15.4 Å². The summed E-state index contributed by atoms with van der Waals surface area (Å²) in [6.45, 7) is 4.39. The van der Waals surface area contributed by atoms with Crippen LogP contribution in [0.3, 0.4) is 0 Å². The van der Waals surface area contributed by atoms with E-state index in [0.717, 1.165) is 36.0 Å². The van der Waals surface area contributed by atoms with Crippen molar-refractivity contribution in [3.8, 4) is 5.75 Å². The van der Waals surface area contributed by atoms with Gasteiger partial charge in [-0.05, 0) is 75.1 Å². The number of benzene rings is 1. The molecule has 0 spiro atoms. The molecule has 1 aromatic carbocycles. The molecule has 3 rings (SSSR count). The third-order valence-electron chi connectivity index (χ3n) is 6.11. The number of likely N-dealkylation sites (tertiary alicyclic amines) is 1. The third kappa shape index (κ3) is 7.83. The molecular weight excluding hydrogens is 495 g/mol. The molecule has 1 heterocycles. The molecule has 7 heteroatoms. The highest BCUT2D eigenvalue weighted by Gasteiger charge is 2.25. The van der Waals surface area contributed by atoms with Crippen molar-refractivity contribution < 1.29 is 4.74 Å². The van der Waals surface area contributed by atoms with Crippen LogP contribution in [0.15, 0.2) is 29.3 Å². The number of nitrogens with one attached hydrogen (secondary N) is 2. The van der Waals surface area contributed by atoms with Crippen LogP contribution in [0.5, 0.6) is 5.75 Å². The number of halogens is 1. The molecule has 2 atom stereocenters. The van der Waals surface area contributed by atoms with E-state index in [-0.39, 0.29) is 24.0 Å². The highest BCUT2D eigenvalue weighted by molar-refractivity contribution is 14.0. The zero-order valence-corrected chi connectivity index (χ0v) is 21.2. The molecule has 1 saturated carbocycles. The SMILES string of the molecule is CN=C(NCC1CCN(Cc2ccc(OC)cc2)CC1)NC1CCC(SC)C1.I. The topological polar surface area (TPSA) is 48.9 Å². The number of thioether (sulfide) groups is 1. The number of nitrogens with zero attached hydrogens (tertiary/aromatic N) is 2. The maximum absolute atomic E-state index is 5.24. The molecule has 2 unspecified atom stereocenters. The Kier molecular flexibility index (Phi) is 10.9. The average molecular weight is 533 g/mol. The molecule has 0 radical (unpaired) electrons. The fraction of sp³-hybridized carbons (Fsp3) is 0.682. The normalized spacial score (nSPS) is 23.5. The second-order valence-corrected chi connectivity index (χ2v) is 9.17. The van der Waals surface area contributed by atoms with Gasteiger partial charge in [-0.2, -0.15) is 11.8 Å². The fourth-order valence-electron chi connectivity index (χ4n) is 4.25. The van der Waals surface area contributed by atoms with Gasteiger partial charge in [0, 0.05) is 31.4 Å². The van der Waals surface area contributed by atoms with E-state index in [0.29, 0.717) is 6.04 Å². The summed E-state index contributed by atoms with van der Waals surface area (Å²) < 4.78 is 5.24. The Morgan fingerprint density at radius 3 is 2.48 bits per heavy atom. The van der Waals surface area contributed by atoms with Gasteiger partial charge in [0.2, 0.25) is 0 Å². The molecule has 2 N–H and O–H groups in total. The lowest BCUT2D eigenvalue weighted by molar-refractivity contribution is 0.178. The van der Waals surface area contributed by atoms with Crippen LogP contribution in [0.2, 0.25) is 0 Å². The quantitative estimate of drug-likeness (QED) is 0.316. The lowest BCUT2D eigenvalue weighted by atomic mass is 9.96. The van der Waals surface area contributed by atoms with Gasteiger partial charge in [-0.3, -0.25) is 9.89 Å². The second-order valence-electron chi connectivity index (χ2n) is 8.03. The largest absolute Gasteiger partial charge is 0.497 e. The molecule has 0 aromatic heterocycles. The minimum atomic E-state index is 0. The van der Waals surface area contributed by atoms with Gasteiger partial charge in [0.25, 0.3) is 0 Å². The van der Waals surface area contributed by atoms with E-state index in [9.17, 15) is 0 Å². The molecule has 2 fully saturated rings. The number of hydrogen-bond acceptors (Lipinski definition) is 4. The maximum atomic E-state index is 5.24. The van der Waals surface area contributed by atoms with Gasteiger partial charge >= 0.3 is 0 Å². The lowest BCUT2D eigenvalue weighted by Gasteiger charge is -2.32. The highest BCUT2D eigenvalue weighted by atomic mass is 127. The first kappa shape index (κ1) is 24.6. The first-order chi connectivity index (χ1) is 13.7. The van der Waals surface area contributed by atoms with E-state index in [1.165, 1.54) is 50.8 Å². The van der Waals surface area contributed by atoms with Crippen LogP contribution in [0.1, 0.15) is 37.7 Å². The van der Waals surface area contributed by atoms with Crippen LogP contribution in [0, 0.1) is 5.92 Å². The van der Waals surface area contributed by atoms with Crippen molar-refractivity contribution in [1.82, 2.24) is 15.5 Å². The Morgan fingerprint density at radius 1 is 1.17 bits per heavy atom. The second kappa shape index (κ2) is 12.9. The molecule has 1 aliphatic heterocycles. The third-order valence-corrected chi connectivity index (χ3v) is 7.21. The van der Waals surface area contributed by atoms with Crippen molar-refractivity contribution in [3.05, 3.63) is 29.8 Å². The van der Waals surface area contributed by atoms with Crippen LogP contribution >= 0.6 is 35.7 Å². The van der Waals surface area contributed by atoms with Crippen molar-refractivity contribution in [1.29, 1.82) is 0 Å². The number of hydrogen-bond donors (Lipinski definition) is 2. The van der Waals surface area contributed by atoms with Crippen LogP contribution in [-0.4, -0.2) is 62.2 Å². The molecule has 0 bridgehead atoms. The Bertz CT molecular complexity index is 620.